The molecule has 10 heteroatoms. The van der Waals surface area contributed by atoms with Gasteiger partial charge in [-0.05, 0) is 58.1 Å². The summed E-state index contributed by atoms with van der Waals surface area (Å²) in [5.74, 6) is -1.92. The lowest BCUT2D eigenvalue weighted by molar-refractivity contribution is -0.121. The number of halogens is 1. The van der Waals surface area contributed by atoms with Crippen molar-refractivity contribution in [1.29, 1.82) is 0 Å². The van der Waals surface area contributed by atoms with E-state index in [9.17, 15) is 23.6 Å². The number of anilines is 1. The third-order valence-corrected chi connectivity index (χ3v) is 4.65. The molecule has 0 saturated carbocycles. The number of benzene rings is 1. The lowest BCUT2D eigenvalue weighted by atomic mass is 10.0. The second-order valence-electron chi connectivity index (χ2n) is 8.71. The van der Waals surface area contributed by atoms with Crippen molar-refractivity contribution in [2.75, 3.05) is 12.4 Å². The van der Waals surface area contributed by atoms with Gasteiger partial charge in [0.05, 0.1) is 5.69 Å². The summed E-state index contributed by atoms with van der Waals surface area (Å²) in [6.45, 7) is 5.01. The highest BCUT2D eigenvalue weighted by Gasteiger charge is 2.25. The number of hydrogen-bond donors (Lipinski definition) is 4. The van der Waals surface area contributed by atoms with Crippen molar-refractivity contribution in [2.24, 2.45) is 5.73 Å². The van der Waals surface area contributed by atoms with Crippen LogP contribution < -0.4 is 21.7 Å². The predicted molar refractivity (Wildman–Crippen MR) is 123 cm³/mol. The average molecular weight is 467 g/mol. The summed E-state index contributed by atoms with van der Waals surface area (Å²) < 4.78 is 20.1. The highest BCUT2D eigenvalue weighted by atomic mass is 19.1. The number of rotatable bonds is 12. The Morgan fingerprint density at radius 3 is 2.39 bits per heavy atom. The molecule has 1 aromatic rings. The zero-order valence-corrected chi connectivity index (χ0v) is 19.8. The number of carbonyl (C=O) groups is 4. The van der Waals surface area contributed by atoms with Crippen LogP contribution in [-0.2, 0) is 25.5 Å². The number of amides is 4. The largest absolute Gasteiger partial charge is 0.444 e. The first-order chi connectivity index (χ1) is 15.4. The zero-order valence-electron chi connectivity index (χ0n) is 19.8. The Kier molecular flexibility index (Phi) is 11.3. The molecule has 0 radical (unpaired) electrons. The van der Waals surface area contributed by atoms with E-state index in [1.54, 1.807) is 40.0 Å². The Bertz CT molecular complexity index is 839. The topological polar surface area (TPSA) is 140 Å². The van der Waals surface area contributed by atoms with Gasteiger partial charge in [-0.3, -0.25) is 14.4 Å². The number of primary amides is 1. The van der Waals surface area contributed by atoms with Crippen molar-refractivity contribution in [1.82, 2.24) is 10.6 Å². The highest BCUT2D eigenvalue weighted by molar-refractivity contribution is 5.97. The smallest absolute Gasteiger partial charge is 0.408 e. The summed E-state index contributed by atoms with van der Waals surface area (Å²) in [6, 6.07) is 3.53. The van der Waals surface area contributed by atoms with Crippen molar-refractivity contribution in [3.63, 3.8) is 0 Å². The van der Waals surface area contributed by atoms with Crippen LogP contribution in [0.5, 0.6) is 0 Å². The van der Waals surface area contributed by atoms with E-state index in [1.807, 2.05) is 0 Å². The summed E-state index contributed by atoms with van der Waals surface area (Å²) in [5.41, 5.74) is 4.79. The number of hydrogen-bond acceptors (Lipinski definition) is 5. The molecule has 4 amide bonds. The van der Waals surface area contributed by atoms with Gasteiger partial charge < -0.3 is 26.4 Å². The predicted octanol–water partition coefficient (Wildman–Crippen LogP) is 2.77. The Morgan fingerprint density at radius 2 is 1.79 bits per heavy atom. The first kappa shape index (κ1) is 27.9. The maximum absolute atomic E-state index is 14.9. The molecular weight excluding hydrogens is 431 g/mol. The molecule has 0 spiro atoms. The Balaban J connectivity index is 2.79. The molecule has 0 fully saturated rings. The van der Waals surface area contributed by atoms with Gasteiger partial charge in [-0.15, -0.1) is 0 Å². The van der Waals surface area contributed by atoms with Crippen LogP contribution in [0.25, 0.3) is 0 Å². The molecule has 0 heterocycles. The van der Waals surface area contributed by atoms with Crippen LogP contribution in [-0.4, -0.2) is 42.5 Å². The number of nitrogens with one attached hydrogen (secondary N) is 3. The van der Waals surface area contributed by atoms with Crippen LogP contribution >= 0.6 is 0 Å². The molecular formula is C23H35FN4O5. The van der Waals surface area contributed by atoms with Crippen molar-refractivity contribution in [3.05, 3.63) is 29.6 Å². The third kappa shape index (κ3) is 11.3. The summed E-state index contributed by atoms with van der Waals surface area (Å²) in [6.07, 6.45) is 1.98. The van der Waals surface area contributed by atoms with Gasteiger partial charge in [0, 0.05) is 19.9 Å². The Hall–Kier alpha value is -3.17. The normalized spacial score (nSPS) is 11.9. The number of unbranched alkanes of at least 4 members (excludes halogenated alkanes) is 2. The number of carbonyl (C=O) groups excluding carboxylic acids is 4. The second-order valence-corrected chi connectivity index (χ2v) is 8.71. The number of aryl methyl sites for hydroxylation is 1. The van der Waals surface area contributed by atoms with E-state index in [0.29, 0.717) is 31.2 Å². The van der Waals surface area contributed by atoms with Gasteiger partial charge >= 0.3 is 6.09 Å². The maximum Gasteiger partial charge on any atom is 0.408 e. The molecule has 0 aliphatic heterocycles. The summed E-state index contributed by atoms with van der Waals surface area (Å²) in [5, 5.41) is 7.44. The van der Waals surface area contributed by atoms with E-state index in [4.69, 9.17) is 10.5 Å². The monoisotopic (exact) mass is 466 g/mol. The minimum Gasteiger partial charge on any atom is -0.444 e. The summed E-state index contributed by atoms with van der Waals surface area (Å²) in [7, 11) is 1.58. The van der Waals surface area contributed by atoms with Crippen LogP contribution in [0.1, 0.15) is 64.9 Å². The summed E-state index contributed by atoms with van der Waals surface area (Å²) >= 11 is 0. The zero-order chi connectivity index (χ0) is 25.0. The average Bonchev–Trinajstić information content (AvgIpc) is 2.71. The van der Waals surface area contributed by atoms with Crippen molar-refractivity contribution < 1.29 is 28.3 Å². The molecule has 5 N–H and O–H groups in total. The summed E-state index contributed by atoms with van der Waals surface area (Å²) in [4.78, 5) is 47.3. The Labute approximate surface area is 194 Å². The Morgan fingerprint density at radius 1 is 1.09 bits per heavy atom. The van der Waals surface area contributed by atoms with E-state index < -0.39 is 35.4 Å². The quantitative estimate of drug-likeness (QED) is 0.351. The van der Waals surface area contributed by atoms with Crippen molar-refractivity contribution >= 4 is 29.5 Å². The maximum atomic E-state index is 14.9. The standard InChI is InChI=1S/C23H35FN4O5/c1-23(2,3)33-22(32)28-17(13-14-18(25)29)21(31)27-16-11-8-10-15(20(16)24)9-6-5-7-12-19(30)26-4/h8,10-11,17H,5-7,9,12-14H2,1-4H3,(H2,25,29)(H,26,30)(H,27,31)(H,28,32). The van der Waals surface area contributed by atoms with Crippen LogP contribution in [0.2, 0.25) is 0 Å². The molecule has 33 heavy (non-hydrogen) atoms. The first-order valence-corrected chi connectivity index (χ1v) is 11.0. The second kappa shape index (κ2) is 13.4. The number of nitrogens with two attached hydrogens (primary N) is 1. The van der Waals surface area contributed by atoms with Gasteiger partial charge in [-0.25, -0.2) is 9.18 Å². The number of ether oxygens (including phenoxy) is 1. The molecule has 0 aliphatic rings. The van der Waals surface area contributed by atoms with Crippen LogP contribution in [0.4, 0.5) is 14.9 Å². The fourth-order valence-electron chi connectivity index (χ4n) is 3.00. The van der Waals surface area contributed by atoms with E-state index in [2.05, 4.69) is 16.0 Å². The SMILES string of the molecule is CNC(=O)CCCCCc1cccc(NC(=O)C(CCC(N)=O)NC(=O)OC(C)(C)C)c1F. The van der Waals surface area contributed by atoms with E-state index in [0.717, 1.165) is 6.42 Å². The molecule has 1 aromatic carbocycles. The van der Waals surface area contributed by atoms with Crippen LogP contribution in [0, 0.1) is 5.82 Å². The minimum absolute atomic E-state index is 0.0297. The lowest BCUT2D eigenvalue weighted by Gasteiger charge is -2.23. The molecule has 0 bridgehead atoms. The molecule has 1 unspecified atom stereocenters. The van der Waals surface area contributed by atoms with E-state index in [-0.39, 0.29) is 24.4 Å². The van der Waals surface area contributed by atoms with Gasteiger partial charge in [0.2, 0.25) is 17.7 Å². The lowest BCUT2D eigenvalue weighted by Crippen LogP contribution is -2.46. The molecule has 184 valence electrons. The van der Waals surface area contributed by atoms with Crippen LogP contribution in [0.3, 0.4) is 0 Å². The van der Waals surface area contributed by atoms with Gasteiger partial charge in [0.1, 0.15) is 17.5 Å². The molecule has 0 saturated heterocycles. The fraction of sp³-hybridized carbons (Fsp3) is 0.565. The van der Waals surface area contributed by atoms with Gasteiger partial charge in [0.15, 0.2) is 0 Å². The third-order valence-electron chi connectivity index (χ3n) is 4.65. The molecule has 0 aliphatic carbocycles. The molecule has 1 rings (SSSR count). The molecule has 9 nitrogen and oxygen atoms in total. The van der Waals surface area contributed by atoms with Gasteiger partial charge in [-0.2, -0.15) is 0 Å². The van der Waals surface area contributed by atoms with Crippen molar-refractivity contribution in [2.45, 2.75) is 77.4 Å². The molecule has 1 atom stereocenters. The van der Waals surface area contributed by atoms with Crippen molar-refractivity contribution in [3.8, 4) is 0 Å². The van der Waals surface area contributed by atoms with Gasteiger partial charge in [-0.1, -0.05) is 18.6 Å². The van der Waals surface area contributed by atoms with E-state index >= 15 is 0 Å². The van der Waals surface area contributed by atoms with Gasteiger partial charge in [0.25, 0.3) is 0 Å². The molecule has 0 aromatic heterocycles. The first-order valence-electron chi connectivity index (χ1n) is 11.0. The van der Waals surface area contributed by atoms with E-state index in [1.165, 1.54) is 6.07 Å². The number of alkyl carbamates (subject to hydrolysis) is 1. The highest BCUT2D eigenvalue weighted by Crippen LogP contribution is 2.21. The fourth-order valence-corrected chi connectivity index (χ4v) is 3.00. The van der Waals surface area contributed by atoms with Crippen LogP contribution in [0.15, 0.2) is 18.2 Å². The minimum atomic E-state index is -1.14.